The summed E-state index contributed by atoms with van der Waals surface area (Å²) in [5, 5.41) is 5.37. The van der Waals surface area contributed by atoms with Crippen molar-refractivity contribution in [2.75, 3.05) is 23.4 Å². The first kappa shape index (κ1) is 19.3. The Hall–Kier alpha value is -2.45. The summed E-state index contributed by atoms with van der Waals surface area (Å²) < 4.78 is 0. The molecule has 2 aromatic carbocycles. The number of hydrogen-bond acceptors (Lipinski definition) is 5. The van der Waals surface area contributed by atoms with Crippen molar-refractivity contribution in [2.45, 2.75) is 11.4 Å². The molecule has 0 aromatic heterocycles. The van der Waals surface area contributed by atoms with Gasteiger partial charge in [0.1, 0.15) is 0 Å². The van der Waals surface area contributed by atoms with Crippen molar-refractivity contribution in [1.29, 1.82) is 0 Å². The Morgan fingerprint density at radius 2 is 1.81 bits per heavy atom. The fourth-order valence-electron chi connectivity index (χ4n) is 2.44. The molecule has 1 saturated heterocycles. The molecular weight excluding hydrogens is 382 g/mol. The maximum atomic E-state index is 11.9. The molecule has 8 heteroatoms. The number of benzene rings is 2. The smallest absolute Gasteiger partial charge is 0.319 e. The Morgan fingerprint density at radius 1 is 1.07 bits per heavy atom. The summed E-state index contributed by atoms with van der Waals surface area (Å²) >= 11 is 2.70. The number of nitrogens with one attached hydrogen (secondary N) is 2. The molecule has 140 valence electrons. The Labute approximate surface area is 166 Å². The van der Waals surface area contributed by atoms with Gasteiger partial charge < -0.3 is 10.6 Å². The first-order valence-corrected chi connectivity index (χ1v) is 10.4. The molecule has 0 atom stereocenters. The number of carbonyl (C=O) groups excluding carboxylic acids is 3. The van der Waals surface area contributed by atoms with Crippen molar-refractivity contribution in [3.63, 3.8) is 0 Å². The van der Waals surface area contributed by atoms with Crippen LogP contribution in [0.1, 0.15) is 5.56 Å². The van der Waals surface area contributed by atoms with Gasteiger partial charge in [-0.3, -0.25) is 14.5 Å². The van der Waals surface area contributed by atoms with Crippen LogP contribution >= 0.6 is 23.5 Å². The molecule has 2 N–H and O–H groups in total. The molecule has 0 aliphatic carbocycles. The second kappa shape index (κ2) is 9.48. The molecule has 1 aliphatic heterocycles. The summed E-state index contributed by atoms with van der Waals surface area (Å²) in [7, 11) is 0. The van der Waals surface area contributed by atoms with E-state index in [-0.39, 0.29) is 29.5 Å². The molecule has 0 radical (unpaired) electrons. The van der Waals surface area contributed by atoms with Gasteiger partial charge in [0.25, 0.3) is 5.24 Å². The van der Waals surface area contributed by atoms with Crippen LogP contribution in [0.3, 0.4) is 0 Å². The molecule has 1 heterocycles. The predicted octanol–water partition coefficient (Wildman–Crippen LogP) is 3.80. The van der Waals surface area contributed by atoms with Crippen LogP contribution in [0.25, 0.3) is 0 Å². The number of hydrogen-bond donors (Lipinski definition) is 2. The minimum atomic E-state index is -0.266. The lowest BCUT2D eigenvalue weighted by molar-refractivity contribution is -0.125. The summed E-state index contributed by atoms with van der Waals surface area (Å²) in [6.07, 6.45) is 0. The molecule has 0 unspecified atom stereocenters. The maximum absolute atomic E-state index is 11.9. The molecule has 1 fully saturated rings. The van der Waals surface area contributed by atoms with Crippen molar-refractivity contribution in [3.8, 4) is 0 Å². The third-order valence-corrected chi connectivity index (χ3v) is 5.66. The molecule has 6 nitrogen and oxygen atoms in total. The highest BCUT2D eigenvalue weighted by molar-refractivity contribution is 8.14. The zero-order chi connectivity index (χ0) is 19.1. The van der Waals surface area contributed by atoms with E-state index in [1.807, 2.05) is 30.3 Å². The van der Waals surface area contributed by atoms with Crippen LogP contribution in [-0.4, -0.2) is 40.1 Å². The SMILES string of the molecule is O=C(NCCSc1ccccc1)Nc1ccc(CN2C(=O)CSC2=O)cc1. The van der Waals surface area contributed by atoms with Crippen molar-refractivity contribution < 1.29 is 14.4 Å². The van der Waals surface area contributed by atoms with E-state index in [9.17, 15) is 14.4 Å². The van der Waals surface area contributed by atoms with E-state index in [0.29, 0.717) is 12.2 Å². The van der Waals surface area contributed by atoms with Gasteiger partial charge in [0.05, 0.1) is 12.3 Å². The molecule has 0 bridgehead atoms. The molecular formula is C19H19N3O3S2. The highest BCUT2D eigenvalue weighted by Crippen LogP contribution is 2.22. The topological polar surface area (TPSA) is 78.5 Å². The van der Waals surface area contributed by atoms with Crippen LogP contribution in [0.4, 0.5) is 15.3 Å². The highest BCUT2D eigenvalue weighted by atomic mass is 32.2. The van der Waals surface area contributed by atoms with Crippen molar-refractivity contribution in [3.05, 3.63) is 60.2 Å². The first-order chi connectivity index (χ1) is 13.1. The molecule has 27 heavy (non-hydrogen) atoms. The van der Waals surface area contributed by atoms with Gasteiger partial charge in [-0.15, -0.1) is 11.8 Å². The zero-order valence-electron chi connectivity index (χ0n) is 14.5. The van der Waals surface area contributed by atoms with Gasteiger partial charge in [-0.1, -0.05) is 42.1 Å². The number of nitrogens with zero attached hydrogens (tertiary/aromatic N) is 1. The third-order valence-electron chi connectivity index (χ3n) is 3.79. The lowest BCUT2D eigenvalue weighted by Crippen LogP contribution is -2.30. The summed E-state index contributed by atoms with van der Waals surface area (Å²) in [6.45, 7) is 0.814. The molecule has 1 aliphatic rings. The molecule has 4 amide bonds. The van der Waals surface area contributed by atoms with Crippen molar-refractivity contribution >= 4 is 46.4 Å². The van der Waals surface area contributed by atoms with Crippen molar-refractivity contribution in [1.82, 2.24) is 10.2 Å². The Kier molecular flexibility index (Phi) is 6.78. The minimum Gasteiger partial charge on any atom is -0.337 e. The molecule has 2 aromatic rings. The van der Waals surface area contributed by atoms with Crippen LogP contribution in [0.5, 0.6) is 0 Å². The second-order valence-corrected chi connectivity index (χ2v) is 7.87. The Bertz CT molecular complexity index is 797. The lowest BCUT2D eigenvalue weighted by Gasteiger charge is -2.13. The van der Waals surface area contributed by atoms with Gasteiger partial charge >= 0.3 is 6.03 Å². The van der Waals surface area contributed by atoms with Gasteiger partial charge in [0.2, 0.25) is 5.91 Å². The quantitative estimate of drug-likeness (QED) is 0.545. The summed E-state index contributed by atoms with van der Waals surface area (Å²) in [5.41, 5.74) is 1.49. The standard InChI is InChI=1S/C19H19N3O3S2/c23-17-13-27-19(25)22(17)12-14-6-8-15(9-7-14)21-18(24)20-10-11-26-16-4-2-1-3-5-16/h1-9H,10-13H2,(H2,20,21,24). The van der Waals surface area contributed by atoms with E-state index >= 15 is 0 Å². The fraction of sp³-hybridized carbons (Fsp3) is 0.211. The number of anilines is 1. The van der Waals surface area contributed by atoms with Crippen LogP contribution in [-0.2, 0) is 11.3 Å². The van der Waals surface area contributed by atoms with Gasteiger partial charge in [-0.2, -0.15) is 0 Å². The van der Waals surface area contributed by atoms with E-state index in [1.54, 1.807) is 36.0 Å². The second-order valence-electron chi connectivity index (χ2n) is 5.77. The van der Waals surface area contributed by atoms with Crippen molar-refractivity contribution in [2.24, 2.45) is 0 Å². The van der Waals surface area contributed by atoms with Crippen LogP contribution in [0, 0.1) is 0 Å². The van der Waals surface area contributed by atoms with E-state index in [1.165, 1.54) is 9.80 Å². The van der Waals surface area contributed by atoms with Crippen LogP contribution in [0.15, 0.2) is 59.5 Å². The molecule has 3 rings (SSSR count). The number of rotatable bonds is 7. The fourth-order valence-corrected chi connectivity index (χ4v) is 3.95. The van der Waals surface area contributed by atoms with Gasteiger partial charge in [-0.05, 0) is 29.8 Å². The monoisotopic (exact) mass is 401 g/mol. The van der Waals surface area contributed by atoms with Gasteiger partial charge in [0, 0.05) is 22.9 Å². The van der Waals surface area contributed by atoms with E-state index in [4.69, 9.17) is 0 Å². The van der Waals surface area contributed by atoms with E-state index < -0.39 is 0 Å². The zero-order valence-corrected chi connectivity index (χ0v) is 16.1. The van der Waals surface area contributed by atoms with E-state index in [0.717, 1.165) is 23.1 Å². The number of thioether (sulfide) groups is 2. The highest BCUT2D eigenvalue weighted by Gasteiger charge is 2.29. The molecule has 0 saturated carbocycles. The Balaban J connectivity index is 1.40. The average molecular weight is 402 g/mol. The predicted molar refractivity (Wildman–Crippen MR) is 109 cm³/mol. The van der Waals surface area contributed by atoms with E-state index in [2.05, 4.69) is 10.6 Å². The third kappa shape index (κ3) is 5.77. The summed E-state index contributed by atoms with van der Waals surface area (Å²) in [5.74, 6) is 0.827. The number of urea groups is 1. The van der Waals surface area contributed by atoms with Crippen LogP contribution < -0.4 is 10.6 Å². The Morgan fingerprint density at radius 3 is 2.48 bits per heavy atom. The lowest BCUT2D eigenvalue weighted by atomic mass is 10.2. The minimum absolute atomic E-state index is 0.167. The summed E-state index contributed by atoms with van der Waals surface area (Å²) in [6, 6.07) is 16.9. The van der Waals surface area contributed by atoms with Gasteiger partial charge in [-0.25, -0.2) is 4.79 Å². The summed E-state index contributed by atoms with van der Waals surface area (Å²) in [4.78, 5) is 37.6. The maximum Gasteiger partial charge on any atom is 0.319 e. The number of carbonyl (C=O) groups is 3. The number of amides is 4. The van der Waals surface area contributed by atoms with Crippen LogP contribution in [0.2, 0.25) is 0 Å². The molecule has 0 spiro atoms. The van der Waals surface area contributed by atoms with Gasteiger partial charge in [0.15, 0.2) is 0 Å². The number of imide groups is 1. The average Bonchev–Trinajstić information content (AvgIpc) is 2.99. The normalized spacial score (nSPS) is 13.7. The first-order valence-electron chi connectivity index (χ1n) is 8.40. The largest absolute Gasteiger partial charge is 0.337 e.